The number of hydrogen-bond donors (Lipinski definition) is 3. The molecule has 0 aliphatic carbocycles. The van der Waals surface area contributed by atoms with E-state index in [9.17, 15) is 0 Å². The Morgan fingerprint density at radius 1 is 1.20 bits per heavy atom. The minimum atomic E-state index is 0.285. The van der Waals surface area contributed by atoms with Crippen molar-refractivity contribution in [3.05, 3.63) is 30.3 Å². The van der Waals surface area contributed by atoms with Gasteiger partial charge in [0.15, 0.2) is 0 Å². The molecule has 1 aromatic heterocycles. The summed E-state index contributed by atoms with van der Waals surface area (Å²) in [6, 6.07) is 10.1. The van der Waals surface area contributed by atoms with Crippen LogP contribution in [-0.4, -0.2) is 36.1 Å². The van der Waals surface area contributed by atoms with Gasteiger partial charge in [0, 0.05) is 36.4 Å². The van der Waals surface area contributed by atoms with E-state index >= 15 is 0 Å². The number of likely N-dealkylation sites (N-methyl/N-ethyl adjacent to an activating group) is 1. The van der Waals surface area contributed by atoms with Crippen LogP contribution < -0.4 is 21.7 Å². The molecule has 0 atom stereocenters. The Hall–Kier alpha value is -2.34. The van der Waals surface area contributed by atoms with Crippen molar-refractivity contribution >= 4 is 17.5 Å². The molecule has 0 radical (unpaired) electrons. The number of aromatic nitrogens is 2. The molecule has 1 saturated heterocycles. The summed E-state index contributed by atoms with van der Waals surface area (Å²) in [4.78, 5) is 10.8. The lowest BCUT2D eigenvalue weighted by Crippen LogP contribution is -2.57. The Balaban J connectivity index is 1.91. The Morgan fingerprint density at radius 2 is 2.00 bits per heavy atom. The highest BCUT2D eigenvalue weighted by Gasteiger charge is 2.26. The zero-order valence-electron chi connectivity index (χ0n) is 11.4. The van der Waals surface area contributed by atoms with Crippen molar-refractivity contribution in [1.29, 1.82) is 0 Å². The highest BCUT2D eigenvalue weighted by molar-refractivity contribution is 5.68. The van der Waals surface area contributed by atoms with Crippen LogP contribution in [0, 0.1) is 0 Å². The van der Waals surface area contributed by atoms with Crippen LogP contribution in [0.5, 0.6) is 0 Å². The summed E-state index contributed by atoms with van der Waals surface area (Å²) < 4.78 is 0. The SMILES string of the molecule is CNC1CN(c2cc(-c3cccc(N)c3)nc(N)n2)C1. The number of hydrogen-bond acceptors (Lipinski definition) is 6. The average molecular weight is 270 g/mol. The van der Waals surface area contributed by atoms with Gasteiger partial charge in [-0.15, -0.1) is 0 Å². The summed E-state index contributed by atoms with van der Waals surface area (Å²) in [6.07, 6.45) is 0. The summed E-state index contributed by atoms with van der Waals surface area (Å²) >= 11 is 0. The molecule has 2 heterocycles. The maximum Gasteiger partial charge on any atom is 0.222 e. The van der Waals surface area contributed by atoms with Gasteiger partial charge in [-0.25, -0.2) is 4.98 Å². The molecule has 1 fully saturated rings. The number of anilines is 3. The molecule has 20 heavy (non-hydrogen) atoms. The van der Waals surface area contributed by atoms with E-state index in [1.165, 1.54) is 0 Å². The molecule has 1 aromatic carbocycles. The van der Waals surface area contributed by atoms with E-state index in [4.69, 9.17) is 11.5 Å². The largest absolute Gasteiger partial charge is 0.399 e. The van der Waals surface area contributed by atoms with E-state index in [1.54, 1.807) is 0 Å². The summed E-state index contributed by atoms with van der Waals surface area (Å²) in [6.45, 7) is 1.87. The van der Waals surface area contributed by atoms with Crippen molar-refractivity contribution in [3.8, 4) is 11.3 Å². The second kappa shape index (κ2) is 4.97. The van der Waals surface area contributed by atoms with Crippen LogP contribution in [0.3, 0.4) is 0 Å². The predicted molar refractivity (Wildman–Crippen MR) is 81.4 cm³/mol. The minimum Gasteiger partial charge on any atom is -0.399 e. The first-order valence-corrected chi connectivity index (χ1v) is 6.58. The van der Waals surface area contributed by atoms with E-state index in [1.807, 2.05) is 37.4 Å². The fraction of sp³-hybridized carbons (Fsp3) is 0.286. The maximum absolute atomic E-state index is 5.82. The van der Waals surface area contributed by atoms with Gasteiger partial charge in [0.1, 0.15) is 5.82 Å². The number of nitrogen functional groups attached to an aromatic ring is 2. The quantitative estimate of drug-likeness (QED) is 0.711. The average Bonchev–Trinajstić information content (AvgIpc) is 2.37. The van der Waals surface area contributed by atoms with Gasteiger partial charge in [0.2, 0.25) is 5.95 Å². The standard InChI is InChI=1S/C14H18N6/c1-17-11-7-20(8-11)13-6-12(18-14(16)19-13)9-3-2-4-10(15)5-9/h2-6,11,17H,7-8,15H2,1H3,(H2,16,18,19). The Morgan fingerprint density at radius 3 is 2.70 bits per heavy atom. The molecule has 0 bridgehead atoms. The van der Waals surface area contributed by atoms with Gasteiger partial charge < -0.3 is 21.7 Å². The Labute approximate surface area is 117 Å². The van der Waals surface area contributed by atoms with Crippen LogP contribution in [0.4, 0.5) is 17.5 Å². The second-order valence-electron chi connectivity index (χ2n) is 4.99. The fourth-order valence-electron chi connectivity index (χ4n) is 2.31. The fourth-order valence-corrected chi connectivity index (χ4v) is 2.31. The van der Waals surface area contributed by atoms with Crippen LogP contribution in [0.25, 0.3) is 11.3 Å². The van der Waals surface area contributed by atoms with E-state index in [2.05, 4.69) is 20.2 Å². The first-order valence-electron chi connectivity index (χ1n) is 6.58. The van der Waals surface area contributed by atoms with E-state index < -0.39 is 0 Å². The van der Waals surface area contributed by atoms with Crippen LogP contribution >= 0.6 is 0 Å². The van der Waals surface area contributed by atoms with Crippen molar-refractivity contribution in [1.82, 2.24) is 15.3 Å². The predicted octanol–water partition coefficient (Wildman–Crippen LogP) is 0.716. The maximum atomic E-state index is 5.82. The molecular formula is C14H18N6. The van der Waals surface area contributed by atoms with Gasteiger partial charge >= 0.3 is 0 Å². The number of nitrogens with two attached hydrogens (primary N) is 2. The van der Waals surface area contributed by atoms with Crippen molar-refractivity contribution in [2.75, 3.05) is 36.5 Å². The van der Waals surface area contributed by atoms with Gasteiger partial charge in [-0.3, -0.25) is 0 Å². The topological polar surface area (TPSA) is 93.1 Å². The Bertz CT molecular complexity index is 621. The summed E-state index contributed by atoms with van der Waals surface area (Å²) in [5, 5.41) is 3.24. The molecule has 0 spiro atoms. The van der Waals surface area contributed by atoms with Crippen LogP contribution in [0.1, 0.15) is 0 Å². The Kier molecular flexibility index (Phi) is 3.15. The summed E-state index contributed by atoms with van der Waals surface area (Å²) in [5.41, 5.74) is 14.1. The van der Waals surface area contributed by atoms with Crippen LogP contribution in [0.2, 0.25) is 0 Å². The lowest BCUT2D eigenvalue weighted by molar-refractivity contribution is 0.447. The van der Waals surface area contributed by atoms with Gasteiger partial charge in [0.05, 0.1) is 5.69 Å². The number of benzene rings is 1. The van der Waals surface area contributed by atoms with Gasteiger partial charge in [0.25, 0.3) is 0 Å². The van der Waals surface area contributed by atoms with Crippen molar-refractivity contribution in [2.24, 2.45) is 0 Å². The number of nitrogens with zero attached hydrogens (tertiary/aromatic N) is 3. The molecule has 5 N–H and O–H groups in total. The van der Waals surface area contributed by atoms with Crippen LogP contribution in [-0.2, 0) is 0 Å². The molecular weight excluding hydrogens is 252 g/mol. The smallest absolute Gasteiger partial charge is 0.222 e. The zero-order chi connectivity index (χ0) is 14.1. The van der Waals surface area contributed by atoms with E-state index in [0.717, 1.165) is 30.2 Å². The third-order valence-electron chi connectivity index (χ3n) is 3.53. The first-order chi connectivity index (χ1) is 9.65. The molecule has 3 rings (SSSR count). The third kappa shape index (κ3) is 2.37. The number of nitrogens with one attached hydrogen (secondary N) is 1. The summed E-state index contributed by atoms with van der Waals surface area (Å²) in [7, 11) is 1.97. The van der Waals surface area contributed by atoms with Gasteiger partial charge in [-0.1, -0.05) is 12.1 Å². The molecule has 0 saturated carbocycles. The van der Waals surface area contributed by atoms with Crippen molar-refractivity contribution < 1.29 is 0 Å². The van der Waals surface area contributed by atoms with Crippen LogP contribution in [0.15, 0.2) is 30.3 Å². The second-order valence-corrected chi connectivity index (χ2v) is 4.99. The monoisotopic (exact) mass is 270 g/mol. The lowest BCUT2D eigenvalue weighted by Gasteiger charge is -2.40. The molecule has 1 aliphatic rings. The van der Waals surface area contributed by atoms with Crippen molar-refractivity contribution in [3.63, 3.8) is 0 Å². The third-order valence-corrected chi connectivity index (χ3v) is 3.53. The number of rotatable bonds is 3. The molecule has 104 valence electrons. The summed E-state index contributed by atoms with van der Waals surface area (Å²) in [5.74, 6) is 1.15. The normalized spacial score (nSPS) is 15.2. The van der Waals surface area contributed by atoms with Crippen molar-refractivity contribution in [2.45, 2.75) is 6.04 Å². The highest BCUT2D eigenvalue weighted by atomic mass is 15.3. The van der Waals surface area contributed by atoms with E-state index in [-0.39, 0.29) is 5.95 Å². The minimum absolute atomic E-state index is 0.285. The molecule has 2 aromatic rings. The molecule has 0 unspecified atom stereocenters. The molecule has 6 heteroatoms. The highest BCUT2D eigenvalue weighted by Crippen LogP contribution is 2.26. The molecule has 1 aliphatic heterocycles. The van der Waals surface area contributed by atoms with E-state index in [0.29, 0.717) is 11.7 Å². The first kappa shape index (κ1) is 12.7. The lowest BCUT2D eigenvalue weighted by atomic mass is 10.1. The molecule has 0 amide bonds. The zero-order valence-corrected chi connectivity index (χ0v) is 11.4. The van der Waals surface area contributed by atoms with Gasteiger partial charge in [-0.2, -0.15) is 4.98 Å². The molecule has 6 nitrogen and oxygen atoms in total. The van der Waals surface area contributed by atoms with Gasteiger partial charge in [-0.05, 0) is 19.2 Å².